The van der Waals surface area contributed by atoms with Crippen molar-refractivity contribution in [1.82, 2.24) is 14.9 Å². The van der Waals surface area contributed by atoms with Crippen LogP contribution in [0.4, 0.5) is 4.39 Å². The molecule has 4 nitrogen and oxygen atoms in total. The minimum Gasteiger partial charge on any atom is -0.317 e. The SMILES string of the molecule is CC.CCc1nc2ccc(CN3CCC3)c(F)c2[nH]c1=O. The summed E-state index contributed by atoms with van der Waals surface area (Å²) in [5, 5.41) is 0. The van der Waals surface area contributed by atoms with Crippen LogP contribution >= 0.6 is 0 Å². The summed E-state index contributed by atoms with van der Waals surface area (Å²) in [7, 11) is 0. The lowest BCUT2D eigenvalue weighted by molar-refractivity contribution is 0.170. The molecule has 0 aliphatic carbocycles. The second kappa shape index (κ2) is 6.80. The molecule has 5 heteroatoms. The average molecular weight is 291 g/mol. The van der Waals surface area contributed by atoms with Crippen LogP contribution in [0, 0.1) is 5.82 Å². The van der Waals surface area contributed by atoms with Gasteiger partial charge in [0.1, 0.15) is 11.2 Å². The molecule has 3 rings (SSSR count). The molecule has 0 bridgehead atoms. The molecule has 1 saturated heterocycles. The first-order valence-electron chi connectivity index (χ1n) is 7.61. The molecule has 0 saturated carbocycles. The van der Waals surface area contributed by atoms with E-state index in [1.807, 2.05) is 20.8 Å². The third kappa shape index (κ3) is 3.13. The van der Waals surface area contributed by atoms with Gasteiger partial charge in [0.2, 0.25) is 0 Å². The van der Waals surface area contributed by atoms with Crippen LogP contribution in [0.15, 0.2) is 16.9 Å². The van der Waals surface area contributed by atoms with Gasteiger partial charge in [0, 0.05) is 12.1 Å². The Labute approximate surface area is 124 Å². The van der Waals surface area contributed by atoms with E-state index >= 15 is 0 Å². The van der Waals surface area contributed by atoms with Gasteiger partial charge >= 0.3 is 0 Å². The molecule has 0 unspecified atom stereocenters. The molecular weight excluding hydrogens is 269 g/mol. The first-order chi connectivity index (χ1) is 10.2. The number of aromatic amines is 1. The summed E-state index contributed by atoms with van der Waals surface area (Å²) in [6.45, 7) is 8.49. The van der Waals surface area contributed by atoms with Gasteiger partial charge in [-0.1, -0.05) is 26.8 Å². The van der Waals surface area contributed by atoms with Gasteiger partial charge in [-0.15, -0.1) is 0 Å². The summed E-state index contributed by atoms with van der Waals surface area (Å²) >= 11 is 0. The summed E-state index contributed by atoms with van der Waals surface area (Å²) in [5.41, 5.74) is 1.51. The second-order valence-corrected chi connectivity index (χ2v) is 4.93. The highest BCUT2D eigenvalue weighted by Crippen LogP contribution is 2.20. The van der Waals surface area contributed by atoms with E-state index in [0.29, 0.717) is 29.7 Å². The van der Waals surface area contributed by atoms with Gasteiger partial charge in [-0.05, 0) is 32.0 Å². The van der Waals surface area contributed by atoms with Gasteiger partial charge in [0.05, 0.1) is 5.52 Å². The van der Waals surface area contributed by atoms with Crippen LogP contribution in [0.25, 0.3) is 11.0 Å². The lowest BCUT2D eigenvalue weighted by Gasteiger charge is -2.30. The Morgan fingerprint density at radius 1 is 1.33 bits per heavy atom. The number of halogens is 1. The van der Waals surface area contributed by atoms with Crippen LogP contribution in [-0.4, -0.2) is 28.0 Å². The molecule has 1 fully saturated rings. The highest BCUT2D eigenvalue weighted by atomic mass is 19.1. The quantitative estimate of drug-likeness (QED) is 0.946. The smallest absolute Gasteiger partial charge is 0.270 e. The Hall–Kier alpha value is -1.75. The topological polar surface area (TPSA) is 49.0 Å². The van der Waals surface area contributed by atoms with Crippen LogP contribution < -0.4 is 5.56 Å². The summed E-state index contributed by atoms with van der Waals surface area (Å²) < 4.78 is 14.4. The minimum absolute atomic E-state index is 0.222. The van der Waals surface area contributed by atoms with Crippen LogP contribution in [0.1, 0.15) is 38.4 Å². The molecule has 1 aromatic carbocycles. The van der Waals surface area contributed by atoms with Crippen molar-refractivity contribution in [1.29, 1.82) is 0 Å². The number of nitrogens with one attached hydrogen (secondary N) is 1. The first kappa shape index (κ1) is 15.6. The number of fused-ring (bicyclic) bond motifs is 1. The number of H-pyrrole nitrogens is 1. The lowest BCUT2D eigenvalue weighted by Crippen LogP contribution is -2.36. The van der Waals surface area contributed by atoms with Crippen LogP contribution in [0.3, 0.4) is 0 Å². The van der Waals surface area contributed by atoms with Crippen molar-refractivity contribution in [3.63, 3.8) is 0 Å². The molecule has 0 atom stereocenters. The predicted octanol–water partition coefficient (Wildman–Crippen LogP) is 2.86. The number of aromatic nitrogens is 2. The maximum Gasteiger partial charge on any atom is 0.270 e. The Morgan fingerprint density at radius 2 is 2.05 bits per heavy atom. The van der Waals surface area contributed by atoms with E-state index in [0.717, 1.165) is 13.1 Å². The number of benzene rings is 1. The number of hydrogen-bond acceptors (Lipinski definition) is 3. The predicted molar refractivity (Wildman–Crippen MR) is 82.9 cm³/mol. The van der Waals surface area contributed by atoms with E-state index in [1.54, 1.807) is 12.1 Å². The van der Waals surface area contributed by atoms with Gasteiger partial charge in [0.25, 0.3) is 5.56 Å². The Kier molecular flexibility index (Phi) is 5.07. The fourth-order valence-electron chi connectivity index (χ4n) is 2.35. The van der Waals surface area contributed by atoms with Gasteiger partial charge < -0.3 is 4.98 Å². The zero-order chi connectivity index (χ0) is 15.4. The second-order valence-electron chi connectivity index (χ2n) is 4.93. The molecule has 0 amide bonds. The lowest BCUT2D eigenvalue weighted by atomic mass is 10.1. The third-order valence-corrected chi connectivity index (χ3v) is 3.63. The fourth-order valence-corrected chi connectivity index (χ4v) is 2.35. The van der Waals surface area contributed by atoms with Crippen molar-refractivity contribution in [2.24, 2.45) is 0 Å². The molecule has 1 aromatic heterocycles. The summed E-state index contributed by atoms with van der Waals surface area (Å²) in [6.07, 6.45) is 1.72. The molecule has 1 aliphatic rings. The van der Waals surface area contributed by atoms with Gasteiger partial charge in [-0.3, -0.25) is 9.69 Å². The Bertz CT molecular complexity index is 677. The highest BCUT2D eigenvalue weighted by molar-refractivity contribution is 5.75. The maximum absolute atomic E-state index is 14.4. The van der Waals surface area contributed by atoms with Crippen molar-refractivity contribution < 1.29 is 4.39 Å². The van der Waals surface area contributed by atoms with Crippen LogP contribution in [-0.2, 0) is 13.0 Å². The van der Waals surface area contributed by atoms with E-state index in [2.05, 4.69) is 14.9 Å². The zero-order valence-electron chi connectivity index (χ0n) is 12.9. The van der Waals surface area contributed by atoms with Gasteiger partial charge in [-0.25, -0.2) is 9.37 Å². The molecular formula is C16H22FN3O. The number of likely N-dealkylation sites (tertiary alicyclic amines) is 1. The Balaban J connectivity index is 0.000000774. The molecule has 2 heterocycles. The summed E-state index contributed by atoms with van der Waals surface area (Å²) in [5.74, 6) is -0.350. The van der Waals surface area contributed by atoms with Crippen LogP contribution in [0.5, 0.6) is 0 Å². The summed E-state index contributed by atoms with van der Waals surface area (Å²) in [4.78, 5) is 20.7. The average Bonchev–Trinajstić information content (AvgIpc) is 2.47. The zero-order valence-corrected chi connectivity index (χ0v) is 12.9. The van der Waals surface area contributed by atoms with E-state index in [-0.39, 0.29) is 16.9 Å². The molecule has 114 valence electrons. The minimum atomic E-state index is -0.350. The highest BCUT2D eigenvalue weighted by Gasteiger charge is 2.17. The molecule has 1 aliphatic heterocycles. The third-order valence-electron chi connectivity index (χ3n) is 3.63. The number of aryl methyl sites for hydroxylation is 1. The standard InChI is InChI=1S/C14H16FN3O.C2H6/c1-2-10-14(19)17-13-11(16-10)5-4-9(12(13)15)8-18-6-3-7-18;1-2/h4-5H,2-3,6-8H2,1H3,(H,17,19);1-2H3. The largest absolute Gasteiger partial charge is 0.317 e. The fraction of sp³-hybridized carbons (Fsp3) is 0.500. The first-order valence-corrected chi connectivity index (χ1v) is 7.61. The van der Waals surface area contributed by atoms with Crippen molar-refractivity contribution in [2.45, 2.75) is 40.2 Å². The van der Waals surface area contributed by atoms with E-state index in [1.165, 1.54) is 6.42 Å². The summed E-state index contributed by atoms with van der Waals surface area (Å²) in [6, 6.07) is 3.55. The molecule has 2 aromatic rings. The van der Waals surface area contributed by atoms with Gasteiger partial charge in [-0.2, -0.15) is 0 Å². The van der Waals surface area contributed by atoms with Gasteiger partial charge in [0.15, 0.2) is 5.82 Å². The van der Waals surface area contributed by atoms with Crippen molar-refractivity contribution in [2.75, 3.05) is 13.1 Å². The van der Waals surface area contributed by atoms with Crippen molar-refractivity contribution in [3.05, 3.63) is 39.6 Å². The Morgan fingerprint density at radius 3 is 2.62 bits per heavy atom. The van der Waals surface area contributed by atoms with Crippen molar-refractivity contribution >= 4 is 11.0 Å². The van der Waals surface area contributed by atoms with E-state index < -0.39 is 0 Å². The number of nitrogens with zero attached hydrogens (tertiary/aromatic N) is 2. The van der Waals surface area contributed by atoms with Crippen LogP contribution in [0.2, 0.25) is 0 Å². The normalized spacial score (nSPS) is 14.5. The molecule has 0 radical (unpaired) electrons. The molecule has 21 heavy (non-hydrogen) atoms. The molecule has 0 spiro atoms. The maximum atomic E-state index is 14.4. The number of rotatable bonds is 3. The van der Waals surface area contributed by atoms with Crippen molar-refractivity contribution in [3.8, 4) is 0 Å². The monoisotopic (exact) mass is 291 g/mol. The number of hydrogen-bond donors (Lipinski definition) is 1. The molecule has 1 N–H and O–H groups in total. The van der Waals surface area contributed by atoms with E-state index in [9.17, 15) is 9.18 Å². The van der Waals surface area contributed by atoms with E-state index in [4.69, 9.17) is 0 Å².